The number of rotatable bonds is 0. The summed E-state index contributed by atoms with van der Waals surface area (Å²) in [5, 5.41) is 0. The van der Waals surface area contributed by atoms with Gasteiger partial charge in [0.05, 0.1) is 0 Å². The summed E-state index contributed by atoms with van der Waals surface area (Å²) in [6.45, 7) is 42.2. The fraction of sp³-hybridized carbons (Fsp3) is 1.00. The first-order valence-electron chi connectivity index (χ1n) is 10.0. The quantitative estimate of drug-likeness (QED) is 0.389. The van der Waals surface area contributed by atoms with Gasteiger partial charge >= 0.3 is 0 Å². The minimum Gasteiger partial charge on any atom is -0.0776 e. The predicted molar refractivity (Wildman–Crippen MR) is 141 cm³/mol. The molecule has 0 unspecified atom stereocenters. The van der Waals surface area contributed by atoms with E-state index in [4.69, 9.17) is 0 Å². The van der Waals surface area contributed by atoms with Gasteiger partial charge in [0.15, 0.2) is 0 Å². The van der Waals surface area contributed by atoms with E-state index in [1.165, 1.54) is 0 Å². The highest BCUT2D eigenvalue weighted by Gasteiger charge is 1.96. The first kappa shape index (κ1) is 63.5. The molecule has 0 radical (unpaired) electrons. The fourth-order valence-electron chi connectivity index (χ4n) is 0. The van der Waals surface area contributed by atoms with Gasteiger partial charge in [-0.2, -0.15) is 0 Å². The van der Waals surface area contributed by atoms with Crippen molar-refractivity contribution in [2.24, 2.45) is 16.2 Å². The van der Waals surface area contributed by atoms with Crippen LogP contribution in [-0.2, 0) is 0 Å². The second-order valence-electron chi connectivity index (χ2n) is 9.00. The lowest BCUT2D eigenvalue weighted by Gasteiger charge is -2.05. The summed E-state index contributed by atoms with van der Waals surface area (Å²) in [4.78, 5) is 0. The van der Waals surface area contributed by atoms with Gasteiger partial charge in [-0.1, -0.05) is 161 Å². The number of hydrogen-bond acceptors (Lipinski definition) is 0. The van der Waals surface area contributed by atoms with Crippen LogP contribution in [0.4, 0.5) is 0 Å². The molecule has 0 heterocycles. The lowest BCUT2D eigenvalue weighted by molar-refractivity contribution is 0.469. The average Bonchev–Trinajstić information content (AvgIpc) is 2.32. The molecule has 0 saturated carbocycles. The van der Waals surface area contributed by atoms with Crippen LogP contribution in [0.3, 0.4) is 0 Å². The maximum atomic E-state index is 2.19. The summed E-state index contributed by atoms with van der Waals surface area (Å²) in [5.74, 6) is 0. The van der Waals surface area contributed by atoms with Crippen molar-refractivity contribution in [2.45, 2.75) is 161 Å². The molecule has 0 aromatic rings. The second-order valence-corrected chi connectivity index (χ2v) is 9.00. The van der Waals surface area contributed by atoms with Gasteiger partial charge in [0.2, 0.25) is 0 Å². The molecule has 0 amide bonds. The van der Waals surface area contributed by atoms with E-state index in [-0.39, 0.29) is 22.3 Å². The van der Waals surface area contributed by atoms with Crippen LogP contribution in [0.25, 0.3) is 0 Å². The molecule has 0 saturated heterocycles. The molecule has 0 aliphatic heterocycles. The van der Waals surface area contributed by atoms with Crippen LogP contribution in [0.2, 0.25) is 0 Å². The summed E-state index contributed by atoms with van der Waals surface area (Å²) < 4.78 is 0. The summed E-state index contributed by atoms with van der Waals surface area (Å²) in [5.41, 5.74) is 1.50. The topological polar surface area (TPSA) is 0 Å². The highest BCUT2D eigenvalue weighted by molar-refractivity contribution is 4.48. The molecular formula is C26H72. The minimum atomic E-state index is 0. The zero-order valence-electron chi connectivity index (χ0n) is 21.5. The Bertz CT molecular complexity index is 75.1. The van der Waals surface area contributed by atoms with E-state index in [1.54, 1.807) is 0 Å². The van der Waals surface area contributed by atoms with E-state index in [2.05, 4.69) is 83.1 Å². The van der Waals surface area contributed by atoms with Crippen molar-refractivity contribution >= 4 is 0 Å². The van der Waals surface area contributed by atoms with Gasteiger partial charge in [-0.05, 0) is 16.2 Å². The molecule has 0 N–H and O–H groups in total. The summed E-state index contributed by atoms with van der Waals surface area (Å²) in [7, 11) is 0. The maximum Gasteiger partial charge on any atom is -0.0411 e. The summed E-state index contributed by atoms with van der Waals surface area (Å²) >= 11 is 0. The van der Waals surface area contributed by atoms with Gasteiger partial charge in [-0.25, -0.2) is 0 Å². The highest BCUT2D eigenvalue weighted by atomic mass is 14.0. The Balaban J connectivity index is -0.0000000148. The van der Waals surface area contributed by atoms with Gasteiger partial charge in [0.25, 0.3) is 0 Å². The number of hydrogen-bond donors (Lipinski definition) is 0. The van der Waals surface area contributed by atoms with Gasteiger partial charge < -0.3 is 0 Å². The molecule has 176 valence electrons. The Morgan fingerprint density at radius 3 is 0.231 bits per heavy atom. The van der Waals surface area contributed by atoms with E-state index in [0.29, 0.717) is 16.2 Å². The third-order valence-corrected chi connectivity index (χ3v) is 0. The third-order valence-electron chi connectivity index (χ3n) is 0. The molecule has 0 bridgehead atoms. The molecule has 0 aliphatic rings. The maximum absolute atomic E-state index is 2.19. The second kappa shape index (κ2) is 44.4. The van der Waals surface area contributed by atoms with E-state index in [1.807, 2.05) is 55.4 Å². The lowest BCUT2D eigenvalue weighted by Crippen LogP contribution is -1.93. The molecule has 26 heavy (non-hydrogen) atoms. The van der Waals surface area contributed by atoms with Gasteiger partial charge in [0, 0.05) is 0 Å². The van der Waals surface area contributed by atoms with Crippen molar-refractivity contribution in [3.63, 3.8) is 0 Å². The largest absolute Gasteiger partial charge is 0.0776 e. The zero-order valence-corrected chi connectivity index (χ0v) is 21.5. The van der Waals surface area contributed by atoms with E-state index in [0.717, 1.165) is 0 Å². The van der Waals surface area contributed by atoms with Crippen LogP contribution < -0.4 is 0 Å². The predicted octanol–water partition coefficient (Wildman–Crippen LogP) is 12.2. The van der Waals surface area contributed by atoms with Crippen molar-refractivity contribution in [1.29, 1.82) is 0 Å². The molecule has 0 fully saturated rings. The molecule has 0 aromatic heterocycles. The van der Waals surface area contributed by atoms with Crippen molar-refractivity contribution in [3.05, 3.63) is 0 Å². The molecule has 0 aromatic carbocycles. The zero-order chi connectivity index (χ0) is 21.5. The fourth-order valence-corrected chi connectivity index (χ4v) is 0. The van der Waals surface area contributed by atoms with Crippen molar-refractivity contribution in [3.8, 4) is 0 Å². The molecule has 0 rings (SSSR count). The van der Waals surface area contributed by atoms with Crippen LogP contribution >= 0.6 is 0 Å². The van der Waals surface area contributed by atoms with E-state index >= 15 is 0 Å². The Kier molecular flexibility index (Phi) is 109. The Morgan fingerprint density at radius 1 is 0.231 bits per heavy atom. The molecule has 0 heteroatoms. The Morgan fingerprint density at radius 2 is 0.231 bits per heavy atom. The summed E-state index contributed by atoms with van der Waals surface area (Å²) in [6.07, 6.45) is 0. The Hall–Kier alpha value is 0. The third kappa shape index (κ3) is 0. The van der Waals surface area contributed by atoms with Gasteiger partial charge in [-0.3, -0.25) is 0 Å². The standard InChI is InChI=1S/3C5H12.4C2H6.3CH4/c3*1-5(2,3)4;4*1-2;;;/h3*1-4H3;4*1-2H3;3*1H4. The smallest absolute Gasteiger partial charge is 0.0411 e. The van der Waals surface area contributed by atoms with E-state index in [9.17, 15) is 0 Å². The first-order valence-corrected chi connectivity index (χ1v) is 10.0. The Labute approximate surface area is 177 Å². The minimum absolute atomic E-state index is 0. The molecule has 0 spiro atoms. The molecular weight excluding hydrogens is 312 g/mol. The molecule has 0 atom stereocenters. The van der Waals surface area contributed by atoms with Crippen LogP contribution in [-0.4, -0.2) is 0 Å². The van der Waals surface area contributed by atoms with Crippen LogP contribution in [0.15, 0.2) is 0 Å². The van der Waals surface area contributed by atoms with Gasteiger partial charge in [0.1, 0.15) is 0 Å². The monoisotopic (exact) mass is 385 g/mol. The van der Waals surface area contributed by atoms with Crippen LogP contribution in [0.1, 0.15) is 161 Å². The highest BCUT2D eigenvalue weighted by Crippen LogP contribution is 2.08. The first-order chi connectivity index (χ1) is 10.0. The van der Waals surface area contributed by atoms with Crippen molar-refractivity contribution in [1.82, 2.24) is 0 Å². The van der Waals surface area contributed by atoms with Crippen LogP contribution in [0, 0.1) is 16.2 Å². The normalized spacial score (nSPS) is 7.85. The molecule has 0 aliphatic carbocycles. The van der Waals surface area contributed by atoms with Gasteiger partial charge in [-0.15, -0.1) is 0 Å². The van der Waals surface area contributed by atoms with Crippen molar-refractivity contribution < 1.29 is 0 Å². The molecule has 0 nitrogen and oxygen atoms in total. The van der Waals surface area contributed by atoms with Crippen molar-refractivity contribution in [2.75, 3.05) is 0 Å². The SMILES string of the molecule is C.C.C.CC.CC.CC.CC.CC(C)(C)C.CC(C)(C)C.CC(C)(C)C. The lowest BCUT2D eigenvalue weighted by atomic mass is 10.0. The average molecular weight is 385 g/mol. The van der Waals surface area contributed by atoms with Crippen LogP contribution in [0.5, 0.6) is 0 Å². The summed E-state index contributed by atoms with van der Waals surface area (Å²) in [6, 6.07) is 0. The van der Waals surface area contributed by atoms with E-state index < -0.39 is 0 Å².